The number of halogens is 1. The van der Waals surface area contributed by atoms with Gasteiger partial charge in [-0.2, -0.15) is 0 Å². The van der Waals surface area contributed by atoms with Gasteiger partial charge in [0.2, 0.25) is 0 Å². The number of benzene rings is 2. The maximum Gasteiger partial charge on any atom is 0.197 e. The van der Waals surface area contributed by atoms with Crippen molar-refractivity contribution in [2.75, 3.05) is 6.61 Å². The summed E-state index contributed by atoms with van der Waals surface area (Å²) in [5.74, 6) is 0.715. The average molecular weight is 287 g/mol. The molecule has 0 aliphatic carbocycles. The lowest BCUT2D eigenvalue weighted by Gasteiger charge is -2.20. The lowest BCUT2D eigenvalue weighted by Crippen LogP contribution is -2.14. The van der Waals surface area contributed by atoms with E-state index in [1.54, 1.807) is 12.1 Å². The minimum absolute atomic E-state index is 0.0243. The quantitative estimate of drug-likeness (QED) is 0.773. The second-order valence-electron chi connectivity index (χ2n) is 5.03. The van der Waals surface area contributed by atoms with Crippen LogP contribution in [0.15, 0.2) is 36.4 Å². The van der Waals surface area contributed by atoms with Crippen LogP contribution in [0, 0.1) is 6.92 Å². The van der Waals surface area contributed by atoms with Crippen LogP contribution in [-0.4, -0.2) is 12.4 Å². The molecule has 0 spiro atoms. The number of ether oxygens (including phenoxy) is 1. The second kappa shape index (κ2) is 5.29. The van der Waals surface area contributed by atoms with E-state index in [4.69, 9.17) is 16.3 Å². The van der Waals surface area contributed by atoms with Gasteiger partial charge in [-0.05, 0) is 49.1 Å². The van der Waals surface area contributed by atoms with E-state index in [1.165, 1.54) is 0 Å². The van der Waals surface area contributed by atoms with Crippen molar-refractivity contribution in [3.05, 3.63) is 63.7 Å². The number of carbonyl (C=O) groups excluding carboxylic acids is 1. The maximum absolute atomic E-state index is 12.8. The highest BCUT2D eigenvalue weighted by Crippen LogP contribution is 2.31. The Labute approximate surface area is 123 Å². The van der Waals surface area contributed by atoms with Crippen molar-refractivity contribution in [3.8, 4) is 5.75 Å². The van der Waals surface area contributed by atoms with Crippen molar-refractivity contribution in [3.63, 3.8) is 0 Å². The number of aryl methyl sites for hydroxylation is 2. The standard InChI is InChI=1S/C17H15ClO2/c1-11-7-8-13(18)10-15(11)16(19)14-6-2-4-12-5-3-9-20-17(12)14/h2,4,6-8,10H,3,5,9H2,1H3. The minimum atomic E-state index is -0.0243. The number of hydrogen-bond acceptors (Lipinski definition) is 2. The molecular weight excluding hydrogens is 272 g/mol. The van der Waals surface area contributed by atoms with Gasteiger partial charge in [-0.1, -0.05) is 29.8 Å². The Hall–Kier alpha value is -1.80. The molecule has 2 aromatic rings. The van der Waals surface area contributed by atoms with E-state index in [9.17, 15) is 4.79 Å². The molecule has 20 heavy (non-hydrogen) atoms. The van der Waals surface area contributed by atoms with Crippen LogP contribution in [0.2, 0.25) is 5.02 Å². The monoisotopic (exact) mass is 286 g/mol. The molecule has 1 aliphatic heterocycles. The molecule has 3 rings (SSSR count). The van der Waals surface area contributed by atoms with Crippen molar-refractivity contribution in [2.45, 2.75) is 19.8 Å². The normalized spacial score (nSPS) is 13.5. The van der Waals surface area contributed by atoms with E-state index in [0.717, 1.165) is 29.7 Å². The number of ketones is 1. The Balaban J connectivity index is 2.09. The first kappa shape index (κ1) is 13.2. The van der Waals surface area contributed by atoms with E-state index in [2.05, 4.69) is 0 Å². The minimum Gasteiger partial charge on any atom is -0.493 e. The first-order valence-electron chi connectivity index (χ1n) is 6.72. The Morgan fingerprint density at radius 1 is 1.20 bits per heavy atom. The third kappa shape index (κ3) is 2.32. The Kier molecular flexibility index (Phi) is 3.49. The molecule has 1 heterocycles. The van der Waals surface area contributed by atoms with Crippen molar-refractivity contribution in [2.24, 2.45) is 0 Å². The second-order valence-corrected chi connectivity index (χ2v) is 5.47. The molecule has 0 saturated carbocycles. The maximum atomic E-state index is 12.8. The number of fused-ring (bicyclic) bond motifs is 1. The zero-order valence-corrected chi connectivity index (χ0v) is 12.0. The fraction of sp³-hybridized carbons (Fsp3) is 0.235. The summed E-state index contributed by atoms with van der Waals surface area (Å²) in [4.78, 5) is 12.8. The van der Waals surface area contributed by atoms with Crippen molar-refractivity contribution >= 4 is 17.4 Å². The number of hydrogen-bond donors (Lipinski definition) is 0. The van der Waals surface area contributed by atoms with Crippen molar-refractivity contribution in [1.82, 2.24) is 0 Å². The molecule has 0 bridgehead atoms. The SMILES string of the molecule is Cc1ccc(Cl)cc1C(=O)c1cccc2c1OCCC2. The molecule has 0 atom stereocenters. The first-order chi connectivity index (χ1) is 9.66. The van der Waals surface area contributed by atoms with Crippen LogP contribution in [-0.2, 0) is 6.42 Å². The fourth-order valence-corrected chi connectivity index (χ4v) is 2.72. The number of carbonyl (C=O) groups is 1. The predicted octanol–water partition coefficient (Wildman–Crippen LogP) is 4.20. The van der Waals surface area contributed by atoms with Gasteiger partial charge in [0.25, 0.3) is 0 Å². The largest absolute Gasteiger partial charge is 0.493 e. The first-order valence-corrected chi connectivity index (χ1v) is 7.10. The topological polar surface area (TPSA) is 26.3 Å². The van der Waals surface area contributed by atoms with Gasteiger partial charge in [-0.3, -0.25) is 4.79 Å². The van der Waals surface area contributed by atoms with Crippen LogP contribution >= 0.6 is 11.6 Å². The molecular formula is C17H15ClO2. The van der Waals surface area contributed by atoms with E-state index in [-0.39, 0.29) is 5.78 Å². The van der Waals surface area contributed by atoms with Gasteiger partial charge in [-0.15, -0.1) is 0 Å². The Morgan fingerprint density at radius 2 is 2.05 bits per heavy atom. The lowest BCUT2D eigenvalue weighted by atomic mass is 9.95. The zero-order chi connectivity index (χ0) is 14.1. The molecule has 0 unspecified atom stereocenters. The van der Waals surface area contributed by atoms with Gasteiger partial charge < -0.3 is 4.74 Å². The molecule has 102 valence electrons. The van der Waals surface area contributed by atoms with Crippen LogP contribution in [0.5, 0.6) is 5.75 Å². The highest BCUT2D eigenvalue weighted by atomic mass is 35.5. The Morgan fingerprint density at radius 3 is 2.90 bits per heavy atom. The molecule has 0 amide bonds. The smallest absolute Gasteiger partial charge is 0.197 e. The molecule has 2 aromatic carbocycles. The van der Waals surface area contributed by atoms with Gasteiger partial charge in [-0.25, -0.2) is 0 Å². The van der Waals surface area contributed by atoms with Crippen LogP contribution in [0.25, 0.3) is 0 Å². The molecule has 2 nitrogen and oxygen atoms in total. The molecule has 0 fully saturated rings. The number of para-hydroxylation sites is 1. The summed E-state index contributed by atoms with van der Waals surface area (Å²) in [6.07, 6.45) is 1.96. The summed E-state index contributed by atoms with van der Waals surface area (Å²) in [5, 5.41) is 0.574. The van der Waals surface area contributed by atoms with E-state index < -0.39 is 0 Å². The van der Waals surface area contributed by atoms with E-state index >= 15 is 0 Å². The van der Waals surface area contributed by atoms with Crippen molar-refractivity contribution in [1.29, 1.82) is 0 Å². The molecule has 3 heteroatoms. The van der Waals surface area contributed by atoms with Crippen LogP contribution in [0.1, 0.15) is 33.5 Å². The number of rotatable bonds is 2. The third-order valence-electron chi connectivity index (χ3n) is 3.62. The highest BCUT2D eigenvalue weighted by Gasteiger charge is 2.21. The molecule has 0 aromatic heterocycles. The van der Waals surface area contributed by atoms with Crippen LogP contribution < -0.4 is 4.74 Å². The Bertz CT molecular complexity index is 677. The summed E-state index contributed by atoms with van der Waals surface area (Å²) in [5.41, 5.74) is 3.31. The summed E-state index contributed by atoms with van der Waals surface area (Å²) in [6.45, 7) is 2.59. The molecule has 0 saturated heterocycles. The van der Waals surface area contributed by atoms with Crippen LogP contribution in [0.3, 0.4) is 0 Å². The summed E-state index contributed by atoms with van der Waals surface area (Å²) >= 11 is 6.01. The fourth-order valence-electron chi connectivity index (χ4n) is 2.55. The third-order valence-corrected chi connectivity index (χ3v) is 3.86. The summed E-state index contributed by atoms with van der Waals surface area (Å²) in [7, 11) is 0. The zero-order valence-electron chi connectivity index (χ0n) is 11.3. The van der Waals surface area contributed by atoms with Gasteiger partial charge in [0.15, 0.2) is 5.78 Å². The average Bonchev–Trinajstić information content (AvgIpc) is 2.48. The molecule has 0 N–H and O–H groups in total. The van der Waals surface area contributed by atoms with Gasteiger partial charge in [0.1, 0.15) is 5.75 Å². The highest BCUT2D eigenvalue weighted by molar-refractivity contribution is 6.31. The lowest BCUT2D eigenvalue weighted by molar-refractivity contribution is 0.103. The van der Waals surface area contributed by atoms with Crippen molar-refractivity contribution < 1.29 is 9.53 Å². The summed E-state index contributed by atoms with van der Waals surface area (Å²) in [6, 6.07) is 11.2. The molecule has 1 aliphatic rings. The van der Waals surface area contributed by atoms with E-state index in [0.29, 0.717) is 22.8 Å². The van der Waals surface area contributed by atoms with Gasteiger partial charge >= 0.3 is 0 Å². The van der Waals surface area contributed by atoms with Gasteiger partial charge in [0, 0.05) is 10.6 Å². The van der Waals surface area contributed by atoms with Gasteiger partial charge in [0.05, 0.1) is 12.2 Å². The summed E-state index contributed by atoms with van der Waals surface area (Å²) < 4.78 is 5.71. The van der Waals surface area contributed by atoms with E-state index in [1.807, 2.05) is 31.2 Å². The predicted molar refractivity (Wildman–Crippen MR) is 79.9 cm³/mol. The van der Waals surface area contributed by atoms with Crippen LogP contribution in [0.4, 0.5) is 0 Å². The molecule has 0 radical (unpaired) electrons.